The molecular weight excluding hydrogens is 507 g/mol. The van der Waals surface area contributed by atoms with E-state index in [1.807, 2.05) is 13.0 Å². The summed E-state index contributed by atoms with van der Waals surface area (Å²) in [6, 6.07) is 0. The van der Waals surface area contributed by atoms with Crippen LogP contribution in [0.15, 0.2) is 11.6 Å². The van der Waals surface area contributed by atoms with Crippen molar-refractivity contribution < 1.29 is 51.6 Å². The lowest BCUT2D eigenvalue weighted by Gasteiger charge is -2.24. The van der Waals surface area contributed by atoms with E-state index in [2.05, 4.69) is 0 Å². The first kappa shape index (κ1) is 30.8. The summed E-state index contributed by atoms with van der Waals surface area (Å²) in [7, 11) is 1.63. The molecule has 11 nitrogen and oxygen atoms in total. The van der Waals surface area contributed by atoms with Gasteiger partial charge in [0.25, 0.3) is 0 Å². The summed E-state index contributed by atoms with van der Waals surface area (Å²) in [5.41, 5.74) is 1.81. The maximum atomic E-state index is 13.1. The van der Waals surface area contributed by atoms with Gasteiger partial charge in [0.05, 0.1) is 20.3 Å². The third-order valence-electron chi connectivity index (χ3n) is 5.95. The second-order valence-corrected chi connectivity index (χ2v) is 10.6. The van der Waals surface area contributed by atoms with Crippen LogP contribution in [0, 0.1) is 6.92 Å². The Morgan fingerprint density at radius 3 is 2.32 bits per heavy atom. The SMILES string of the molecule is CCOC(=O)C(CC(C)=CCc1c(OC)c(C)c2c(c1OC(OC)OCC)C(=O)OC2)P(=O)(OC)OC. The van der Waals surface area contributed by atoms with Crippen LogP contribution in [-0.4, -0.2) is 65.7 Å². The molecule has 0 spiro atoms. The number of cyclic esters (lactones) is 1. The van der Waals surface area contributed by atoms with Crippen molar-refractivity contribution in [3.05, 3.63) is 33.9 Å². The zero-order valence-corrected chi connectivity index (χ0v) is 23.6. The number of benzene rings is 1. The maximum absolute atomic E-state index is 13.1. The molecule has 0 saturated heterocycles. The zero-order chi connectivity index (χ0) is 27.8. The van der Waals surface area contributed by atoms with Gasteiger partial charge < -0.3 is 37.5 Å². The number of ether oxygens (including phenoxy) is 6. The molecule has 37 heavy (non-hydrogen) atoms. The molecule has 12 heteroatoms. The van der Waals surface area contributed by atoms with Crippen molar-refractivity contribution in [2.45, 2.75) is 59.3 Å². The van der Waals surface area contributed by atoms with Crippen molar-refractivity contribution in [1.29, 1.82) is 0 Å². The van der Waals surface area contributed by atoms with Gasteiger partial charge in [-0.25, -0.2) is 4.79 Å². The molecule has 2 unspecified atom stereocenters. The van der Waals surface area contributed by atoms with Crippen molar-refractivity contribution in [2.75, 3.05) is 41.7 Å². The van der Waals surface area contributed by atoms with E-state index in [9.17, 15) is 14.2 Å². The van der Waals surface area contributed by atoms with Gasteiger partial charge in [0.1, 0.15) is 23.7 Å². The minimum Gasteiger partial charge on any atom is -0.496 e. The summed E-state index contributed by atoms with van der Waals surface area (Å²) < 4.78 is 56.1. The lowest BCUT2D eigenvalue weighted by Crippen LogP contribution is -2.25. The molecule has 2 rings (SSSR count). The Morgan fingerprint density at radius 1 is 1.11 bits per heavy atom. The molecule has 0 radical (unpaired) electrons. The topological polar surface area (TPSA) is 125 Å². The van der Waals surface area contributed by atoms with Gasteiger partial charge in [-0.1, -0.05) is 11.6 Å². The molecule has 0 bridgehead atoms. The van der Waals surface area contributed by atoms with Gasteiger partial charge in [0.2, 0.25) is 0 Å². The Labute approximate surface area is 217 Å². The number of hydrogen-bond donors (Lipinski definition) is 0. The molecule has 0 aromatic heterocycles. The highest BCUT2D eigenvalue weighted by molar-refractivity contribution is 7.55. The smallest absolute Gasteiger partial charge is 0.344 e. The van der Waals surface area contributed by atoms with Crippen LogP contribution in [0.2, 0.25) is 0 Å². The molecule has 0 N–H and O–H groups in total. The van der Waals surface area contributed by atoms with Crippen molar-refractivity contribution in [2.24, 2.45) is 0 Å². The number of methoxy groups -OCH3 is 2. The van der Waals surface area contributed by atoms with Crippen LogP contribution in [0.4, 0.5) is 0 Å². The molecule has 0 saturated carbocycles. The molecule has 0 aliphatic carbocycles. The van der Waals surface area contributed by atoms with E-state index in [0.29, 0.717) is 29.1 Å². The van der Waals surface area contributed by atoms with Gasteiger partial charge in [0, 0.05) is 32.5 Å². The normalized spacial score (nSPS) is 15.1. The number of esters is 2. The van der Waals surface area contributed by atoms with Crippen molar-refractivity contribution in [1.82, 2.24) is 0 Å². The first-order chi connectivity index (χ1) is 17.6. The Kier molecular flexibility index (Phi) is 11.6. The van der Waals surface area contributed by atoms with Gasteiger partial charge in [-0.3, -0.25) is 9.36 Å². The Morgan fingerprint density at radius 2 is 1.78 bits per heavy atom. The maximum Gasteiger partial charge on any atom is 0.344 e. The van der Waals surface area contributed by atoms with Gasteiger partial charge in [-0.05, 0) is 46.1 Å². The van der Waals surface area contributed by atoms with Gasteiger partial charge in [-0.2, -0.15) is 0 Å². The van der Waals surface area contributed by atoms with Gasteiger partial charge in [0.15, 0.2) is 5.66 Å². The second kappa shape index (κ2) is 13.9. The largest absolute Gasteiger partial charge is 0.496 e. The fourth-order valence-corrected chi connectivity index (χ4v) is 5.58. The summed E-state index contributed by atoms with van der Waals surface area (Å²) in [5, 5.41) is 0. The van der Waals surface area contributed by atoms with E-state index in [0.717, 1.165) is 5.56 Å². The second-order valence-electron chi connectivity index (χ2n) is 8.12. The monoisotopic (exact) mass is 544 g/mol. The van der Waals surface area contributed by atoms with Gasteiger partial charge >= 0.3 is 26.0 Å². The minimum atomic E-state index is -3.77. The summed E-state index contributed by atoms with van der Waals surface area (Å²) in [6.45, 7) is 6.53. The summed E-state index contributed by atoms with van der Waals surface area (Å²) in [6.07, 6.45) is 2.12. The van der Waals surface area contributed by atoms with Crippen LogP contribution in [0.5, 0.6) is 11.5 Å². The molecule has 1 aromatic rings. The van der Waals surface area contributed by atoms with E-state index in [4.69, 9.17) is 37.5 Å². The highest BCUT2D eigenvalue weighted by atomic mass is 31.2. The van der Waals surface area contributed by atoms with E-state index in [-0.39, 0.29) is 37.4 Å². The third-order valence-corrected chi connectivity index (χ3v) is 8.13. The summed E-state index contributed by atoms with van der Waals surface area (Å²) in [4.78, 5) is 25.3. The molecule has 1 heterocycles. The number of carbonyl (C=O) groups is 2. The lowest BCUT2D eigenvalue weighted by atomic mass is 9.94. The van der Waals surface area contributed by atoms with E-state index >= 15 is 0 Å². The van der Waals surface area contributed by atoms with E-state index in [1.165, 1.54) is 28.4 Å². The molecule has 1 aromatic carbocycles. The molecule has 208 valence electrons. The zero-order valence-electron chi connectivity index (χ0n) is 22.7. The number of carbonyl (C=O) groups excluding carboxylic acids is 2. The number of allylic oxidation sites excluding steroid dienone is 2. The predicted molar refractivity (Wildman–Crippen MR) is 134 cm³/mol. The van der Waals surface area contributed by atoms with E-state index < -0.39 is 31.7 Å². The summed E-state index contributed by atoms with van der Waals surface area (Å²) in [5.74, 6) is -0.457. The number of fused-ring (bicyclic) bond motifs is 1. The summed E-state index contributed by atoms with van der Waals surface area (Å²) >= 11 is 0. The Bertz CT molecular complexity index is 1040. The quantitative estimate of drug-likeness (QED) is 0.136. The fraction of sp³-hybridized carbons (Fsp3) is 0.600. The van der Waals surface area contributed by atoms with Crippen molar-refractivity contribution in [3.63, 3.8) is 0 Å². The van der Waals surface area contributed by atoms with Crippen LogP contribution in [0.25, 0.3) is 0 Å². The Balaban J connectivity index is 2.54. The third kappa shape index (κ3) is 6.91. The van der Waals surface area contributed by atoms with Crippen LogP contribution >= 0.6 is 7.60 Å². The van der Waals surface area contributed by atoms with E-state index in [1.54, 1.807) is 20.8 Å². The molecule has 1 aliphatic heterocycles. The average Bonchev–Trinajstić information content (AvgIpc) is 3.28. The first-order valence-corrected chi connectivity index (χ1v) is 13.5. The molecule has 0 amide bonds. The average molecular weight is 545 g/mol. The molecule has 1 aliphatic rings. The predicted octanol–water partition coefficient (Wildman–Crippen LogP) is 4.32. The van der Waals surface area contributed by atoms with Crippen molar-refractivity contribution in [3.8, 4) is 11.5 Å². The highest BCUT2D eigenvalue weighted by Crippen LogP contribution is 2.54. The lowest BCUT2D eigenvalue weighted by molar-refractivity contribution is -0.231. The van der Waals surface area contributed by atoms with Gasteiger partial charge in [-0.15, -0.1) is 0 Å². The minimum absolute atomic E-state index is 0.0574. The standard InChI is InChI=1S/C25H37O11P/c1-9-33-23(26)19(37(28,31-7)32-8)13-15(3)11-12-17-21(29-5)16(4)18-14-35-24(27)20(18)22(17)36-25(30-6)34-10-2/h11,19,25H,9-10,12-14H2,1-8H3. The van der Waals surface area contributed by atoms with Crippen LogP contribution in [-0.2, 0) is 50.4 Å². The Hall–Kier alpha value is -2.43. The van der Waals surface area contributed by atoms with Crippen molar-refractivity contribution >= 4 is 19.5 Å². The van der Waals surface area contributed by atoms with Crippen LogP contribution in [0.3, 0.4) is 0 Å². The first-order valence-electron chi connectivity index (χ1n) is 11.9. The highest BCUT2D eigenvalue weighted by Gasteiger charge is 2.41. The number of hydrogen-bond acceptors (Lipinski definition) is 11. The fourth-order valence-electron chi connectivity index (χ4n) is 4.08. The molecule has 0 fully saturated rings. The molecular formula is C25H37O11P. The number of rotatable bonds is 15. The molecule has 2 atom stereocenters. The van der Waals surface area contributed by atoms with Crippen LogP contribution < -0.4 is 9.47 Å². The van der Waals surface area contributed by atoms with Crippen LogP contribution in [0.1, 0.15) is 54.2 Å².